The summed E-state index contributed by atoms with van der Waals surface area (Å²) in [5.74, 6) is 0.507. The Hall–Kier alpha value is -1.92. The Balaban J connectivity index is 2.08. The molecule has 0 spiro atoms. The van der Waals surface area contributed by atoms with Crippen LogP contribution in [0.1, 0.15) is 32.4 Å². The minimum atomic E-state index is -0.391. The molecule has 0 aliphatic rings. The van der Waals surface area contributed by atoms with Crippen molar-refractivity contribution in [1.82, 2.24) is 9.97 Å². The lowest BCUT2D eigenvalue weighted by atomic mass is 10.0. The first kappa shape index (κ1) is 18.4. The fraction of sp³-hybridized carbons (Fsp3) is 0.444. The lowest BCUT2D eigenvalue weighted by Crippen LogP contribution is -2.34. The van der Waals surface area contributed by atoms with Crippen LogP contribution in [0.3, 0.4) is 0 Å². The summed E-state index contributed by atoms with van der Waals surface area (Å²) in [6.07, 6.45) is 5.47. The number of ether oxygens (including phenoxy) is 2. The third-order valence-electron chi connectivity index (χ3n) is 3.56. The molecule has 2 rings (SSSR count). The molecule has 6 heteroatoms. The first-order valence-electron chi connectivity index (χ1n) is 7.99. The van der Waals surface area contributed by atoms with E-state index in [1.165, 1.54) is 0 Å². The van der Waals surface area contributed by atoms with E-state index in [0.717, 1.165) is 34.1 Å². The molecule has 5 nitrogen and oxygen atoms in total. The monoisotopic (exact) mass is 347 g/mol. The number of nitrogens with one attached hydrogen (secondary N) is 1. The molecule has 0 saturated carbocycles. The van der Waals surface area contributed by atoms with Gasteiger partial charge in [0.05, 0.1) is 12.3 Å². The Bertz CT molecular complexity index is 664. The first-order valence-corrected chi connectivity index (χ1v) is 8.81. The van der Waals surface area contributed by atoms with Gasteiger partial charge in [-0.25, -0.2) is 4.98 Å². The number of methoxy groups -OCH3 is 1. The number of anilines is 1. The van der Waals surface area contributed by atoms with Crippen LogP contribution in [0.5, 0.6) is 0 Å². The van der Waals surface area contributed by atoms with E-state index in [0.29, 0.717) is 12.5 Å². The summed E-state index contributed by atoms with van der Waals surface area (Å²) < 4.78 is 11.3. The number of nitrogens with zero attached hydrogens (tertiary/aromatic N) is 2. The minimum absolute atomic E-state index is 0.391. The van der Waals surface area contributed by atoms with Crippen molar-refractivity contribution in [3.8, 4) is 10.6 Å². The molecule has 0 fully saturated rings. The minimum Gasteiger partial charge on any atom is -0.471 e. The highest BCUT2D eigenvalue weighted by molar-refractivity contribution is 7.19. The van der Waals surface area contributed by atoms with E-state index in [2.05, 4.69) is 28.8 Å². The van der Waals surface area contributed by atoms with Crippen molar-refractivity contribution in [1.29, 1.82) is 0 Å². The second-order valence-corrected chi connectivity index (χ2v) is 6.96. The summed E-state index contributed by atoms with van der Waals surface area (Å²) in [6.45, 7) is 10.6. The molecule has 1 N–H and O–H groups in total. The zero-order valence-electron chi connectivity index (χ0n) is 14.8. The summed E-state index contributed by atoms with van der Waals surface area (Å²) in [6, 6.07) is 3.90. The second-order valence-electron chi connectivity index (χ2n) is 5.96. The van der Waals surface area contributed by atoms with Crippen LogP contribution in [0.25, 0.3) is 10.6 Å². The van der Waals surface area contributed by atoms with E-state index in [4.69, 9.17) is 9.47 Å². The zero-order chi connectivity index (χ0) is 17.6. The summed E-state index contributed by atoms with van der Waals surface area (Å²) in [5.41, 5.74) is 1.52. The third-order valence-corrected chi connectivity index (χ3v) is 4.68. The number of rotatable bonds is 9. The average molecular weight is 347 g/mol. The topological polar surface area (TPSA) is 56.3 Å². The maximum atomic E-state index is 6.03. The molecule has 0 amide bonds. The van der Waals surface area contributed by atoms with Gasteiger partial charge in [0, 0.05) is 25.1 Å². The maximum Gasteiger partial charge on any atom is 0.185 e. The van der Waals surface area contributed by atoms with Crippen molar-refractivity contribution in [2.45, 2.75) is 39.2 Å². The van der Waals surface area contributed by atoms with Gasteiger partial charge in [-0.05, 0) is 39.0 Å². The van der Waals surface area contributed by atoms with Crippen LogP contribution in [0, 0.1) is 6.92 Å². The Kier molecular flexibility index (Phi) is 6.34. The van der Waals surface area contributed by atoms with E-state index in [1.54, 1.807) is 24.6 Å². The molecule has 24 heavy (non-hydrogen) atoms. The SMILES string of the molecule is C=C(Nc1sc(-c2cccnc2)nc1C)OC(C)(CCC)COC. The highest BCUT2D eigenvalue weighted by Crippen LogP contribution is 2.32. The number of pyridine rings is 1. The van der Waals surface area contributed by atoms with Crippen molar-refractivity contribution in [3.63, 3.8) is 0 Å². The second kappa shape index (κ2) is 8.26. The largest absolute Gasteiger partial charge is 0.471 e. The zero-order valence-corrected chi connectivity index (χ0v) is 15.6. The Morgan fingerprint density at radius 3 is 2.88 bits per heavy atom. The van der Waals surface area contributed by atoms with Crippen LogP contribution in [-0.4, -0.2) is 29.3 Å². The number of hydrogen-bond acceptors (Lipinski definition) is 6. The molecule has 2 aromatic rings. The predicted octanol–water partition coefficient (Wildman–Crippen LogP) is 4.62. The smallest absolute Gasteiger partial charge is 0.185 e. The number of aromatic nitrogens is 2. The normalized spacial score (nSPS) is 13.3. The Labute approximate surface area is 147 Å². The average Bonchev–Trinajstić information content (AvgIpc) is 2.89. The number of hydrogen-bond donors (Lipinski definition) is 1. The van der Waals surface area contributed by atoms with E-state index >= 15 is 0 Å². The van der Waals surface area contributed by atoms with Crippen LogP contribution in [0.2, 0.25) is 0 Å². The van der Waals surface area contributed by atoms with Crippen LogP contribution in [0.15, 0.2) is 37.0 Å². The van der Waals surface area contributed by atoms with Crippen molar-refractivity contribution >= 4 is 16.3 Å². The highest BCUT2D eigenvalue weighted by atomic mass is 32.1. The van der Waals surface area contributed by atoms with E-state index in [-0.39, 0.29) is 0 Å². The summed E-state index contributed by atoms with van der Waals surface area (Å²) in [5, 5.41) is 5.08. The van der Waals surface area contributed by atoms with Gasteiger partial charge in [0.2, 0.25) is 0 Å². The summed E-state index contributed by atoms with van der Waals surface area (Å²) >= 11 is 1.56. The fourth-order valence-electron chi connectivity index (χ4n) is 2.56. The molecule has 130 valence electrons. The molecule has 2 aromatic heterocycles. The van der Waals surface area contributed by atoms with Crippen molar-refractivity contribution in [3.05, 3.63) is 42.7 Å². The van der Waals surface area contributed by atoms with Crippen molar-refractivity contribution < 1.29 is 9.47 Å². The van der Waals surface area contributed by atoms with Gasteiger partial charge in [0.1, 0.15) is 15.6 Å². The molecule has 0 aliphatic carbocycles. The predicted molar refractivity (Wildman–Crippen MR) is 99.1 cm³/mol. The van der Waals surface area contributed by atoms with Gasteiger partial charge in [0.15, 0.2) is 5.88 Å². The molecular weight excluding hydrogens is 322 g/mol. The summed E-state index contributed by atoms with van der Waals surface area (Å²) in [4.78, 5) is 8.74. The Morgan fingerprint density at radius 2 is 2.25 bits per heavy atom. The quantitative estimate of drug-likeness (QED) is 0.671. The van der Waals surface area contributed by atoms with Gasteiger partial charge in [0.25, 0.3) is 0 Å². The Morgan fingerprint density at radius 1 is 1.46 bits per heavy atom. The third kappa shape index (κ3) is 4.79. The molecule has 2 heterocycles. The van der Waals surface area contributed by atoms with E-state index < -0.39 is 5.60 Å². The van der Waals surface area contributed by atoms with Crippen LogP contribution in [0.4, 0.5) is 5.00 Å². The van der Waals surface area contributed by atoms with Gasteiger partial charge in [-0.15, -0.1) is 0 Å². The number of aryl methyl sites for hydroxylation is 1. The molecule has 1 unspecified atom stereocenters. The molecule has 1 atom stereocenters. The molecule has 0 saturated heterocycles. The first-order chi connectivity index (χ1) is 11.5. The lowest BCUT2D eigenvalue weighted by Gasteiger charge is -2.30. The van der Waals surface area contributed by atoms with Gasteiger partial charge < -0.3 is 14.8 Å². The van der Waals surface area contributed by atoms with E-state index in [1.807, 2.05) is 32.2 Å². The number of thiazole rings is 1. The van der Waals surface area contributed by atoms with Crippen molar-refractivity contribution in [2.75, 3.05) is 19.0 Å². The molecule has 0 radical (unpaired) electrons. The van der Waals surface area contributed by atoms with Gasteiger partial charge in [-0.2, -0.15) is 0 Å². The van der Waals surface area contributed by atoms with Crippen molar-refractivity contribution in [2.24, 2.45) is 0 Å². The standard InChI is InChI=1S/C18H25N3O2S/c1-6-9-18(4,12-22-5)23-14(3)21-16-13(2)20-17(24-16)15-8-7-10-19-11-15/h7-8,10-11,21H,3,6,9,12H2,1-2,4-5H3. The molecule has 0 aromatic carbocycles. The van der Waals surface area contributed by atoms with Gasteiger partial charge in [-0.1, -0.05) is 24.7 Å². The van der Waals surface area contributed by atoms with E-state index in [9.17, 15) is 0 Å². The fourth-order valence-corrected chi connectivity index (χ4v) is 3.53. The lowest BCUT2D eigenvalue weighted by molar-refractivity contribution is -0.0454. The molecule has 0 aliphatic heterocycles. The molecule has 0 bridgehead atoms. The van der Waals surface area contributed by atoms with Crippen LogP contribution < -0.4 is 5.32 Å². The highest BCUT2D eigenvalue weighted by Gasteiger charge is 2.26. The van der Waals surface area contributed by atoms with Gasteiger partial charge >= 0.3 is 0 Å². The van der Waals surface area contributed by atoms with Crippen LogP contribution in [-0.2, 0) is 9.47 Å². The summed E-state index contributed by atoms with van der Waals surface area (Å²) in [7, 11) is 1.68. The van der Waals surface area contributed by atoms with Gasteiger partial charge in [-0.3, -0.25) is 4.98 Å². The molecular formula is C18H25N3O2S. The van der Waals surface area contributed by atoms with Crippen LogP contribution >= 0.6 is 11.3 Å². The maximum absolute atomic E-state index is 6.03.